The predicted octanol–water partition coefficient (Wildman–Crippen LogP) is 9.41. The van der Waals surface area contributed by atoms with E-state index in [1.54, 1.807) is 0 Å². The van der Waals surface area contributed by atoms with Crippen molar-refractivity contribution in [2.45, 2.75) is 300 Å². The zero-order chi connectivity index (χ0) is 50.2. The van der Waals surface area contributed by atoms with Crippen LogP contribution in [0.3, 0.4) is 0 Å². The third-order valence-electron chi connectivity index (χ3n) is 13.8. The molecule has 408 valence electrons. The SMILES string of the molecule is CCCCCCCCCC/C=C\CCCCCCCCCCCC(=O)OC(COCCCCCCCCCCCCCCCC)COC1OC(COC2OC(CO)C(O)C(O)C2O)C(O)C(O)C1O. The van der Waals surface area contributed by atoms with E-state index in [1.165, 1.54) is 167 Å². The fourth-order valence-corrected chi connectivity index (χ4v) is 9.16. The third kappa shape index (κ3) is 30.5. The summed E-state index contributed by atoms with van der Waals surface area (Å²) in [5.41, 5.74) is 0. The highest BCUT2D eigenvalue weighted by Crippen LogP contribution is 2.27. The maximum Gasteiger partial charge on any atom is 0.306 e. The normalized spacial score (nSPS) is 25.7. The molecule has 0 spiro atoms. The molecule has 0 aromatic heterocycles. The van der Waals surface area contributed by atoms with Crippen molar-refractivity contribution in [3.63, 3.8) is 0 Å². The van der Waals surface area contributed by atoms with Gasteiger partial charge in [0.15, 0.2) is 12.6 Å². The first-order chi connectivity index (χ1) is 33.6. The largest absolute Gasteiger partial charge is 0.457 e. The molecular formula is C55H104O14. The van der Waals surface area contributed by atoms with E-state index in [1.807, 2.05) is 0 Å². The van der Waals surface area contributed by atoms with Crippen molar-refractivity contribution in [2.75, 3.05) is 33.0 Å². The molecule has 0 aliphatic carbocycles. The monoisotopic (exact) mass is 989 g/mol. The van der Waals surface area contributed by atoms with Gasteiger partial charge in [0, 0.05) is 13.0 Å². The molecule has 69 heavy (non-hydrogen) atoms. The summed E-state index contributed by atoms with van der Waals surface area (Å²) in [6.07, 6.45) is 29.8. The van der Waals surface area contributed by atoms with Crippen molar-refractivity contribution in [1.29, 1.82) is 0 Å². The summed E-state index contributed by atoms with van der Waals surface area (Å²) in [5.74, 6) is -0.373. The lowest BCUT2D eigenvalue weighted by Gasteiger charge is -2.42. The number of carbonyl (C=O) groups excluding carboxylic acids is 1. The van der Waals surface area contributed by atoms with E-state index in [0.29, 0.717) is 13.0 Å². The summed E-state index contributed by atoms with van der Waals surface area (Å²) >= 11 is 0. The van der Waals surface area contributed by atoms with Gasteiger partial charge in [-0.3, -0.25) is 4.79 Å². The molecule has 0 saturated carbocycles. The molecule has 0 aromatic rings. The maximum absolute atomic E-state index is 13.0. The van der Waals surface area contributed by atoms with Gasteiger partial charge < -0.3 is 64.2 Å². The number of hydrogen-bond acceptors (Lipinski definition) is 14. The number of ether oxygens (including phenoxy) is 6. The van der Waals surface area contributed by atoms with Gasteiger partial charge in [-0.25, -0.2) is 0 Å². The van der Waals surface area contributed by atoms with E-state index >= 15 is 0 Å². The molecule has 0 aromatic carbocycles. The maximum atomic E-state index is 13.0. The Labute approximate surface area is 418 Å². The van der Waals surface area contributed by atoms with Gasteiger partial charge in [0.05, 0.1) is 26.4 Å². The molecular weight excluding hydrogens is 885 g/mol. The van der Waals surface area contributed by atoms with Gasteiger partial charge in [0.2, 0.25) is 0 Å². The summed E-state index contributed by atoms with van der Waals surface area (Å²) in [6.45, 7) is 3.73. The van der Waals surface area contributed by atoms with Crippen molar-refractivity contribution in [3.8, 4) is 0 Å². The molecule has 0 radical (unpaired) electrons. The minimum absolute atomic E-state index is 0.0669. The van der Waals surface area contributed by atoms with Gasteiger partial charge in [-0.2, -0.15) is 0 Å². The van der Waals surface area contributed by atoms with E-state index in [4.69, 9.17) is 28.4 Å². The van der Waals surface area contributed by atoms with Crippen LogP contribution in [0.2, 0.25) is 0 Å². The summed E-state index contributed by atoms with van der Waals surface area (Å²) < 4.78 is 34.4. The standard InChI is InChI=1S/C55H104O14/c1-3-5-7-9-11-13-15-17-19-20-21-22-23-24-25-26-28-30-32-34-36-38-47(57)67-44(41-64-39-37-35-33-31-29-27-18-16-14-12-10-8-6-4-2)42-65-54-53(63)51(61)49(59)46(69-54)43-66-55-52(62)50(60)48(58)45(40-56)68-55/h20-21,44-46,48-56,58-63H,3-19,22-43H2,1-2H3/b21-20-. The zero-order valence-electron chi connectivity index (χ0n) is 43.6. The first-order valence-corrected chi connectivity index (χ1v) is 28.3. The van der Waals surface area contributed by atoms with Crippen LogP contribution >= 0.6 is 0 Å². The first kappa shape index (κ1) is 63.8. The highest BCUT2D eigenvalue weighted by Gasteiger charge is 2.47. The molecule has 11 unspecified atom stereocenters. The Hall–Kier alpha value is -1.27. The lowest BCUT2D eigenvalue weighted by atomic mass is 9.98. The Morgan fingerprint density at radius 3 is 1.32 bits per heavy atom. The lowest BCUT2D eigenvalue weighted by molar-refractivity contribution is -0.332. The highest BCUT2D eigenvalue weighted by atomic mass is 16.7. The van der Waals surface area contributed by atoms with Crippen LogP contribution in [0.4, 0.5) is 0 Å². The van der Waals surface area contributed by atoms with Crippen LogP contribution in [0.15, 0.2) is 12.2 Å². The van der Waals surface area contributed by atoms with Gasteiger partial charge in [-0.05, 0) is 38.5 Å². The van der Waals surface area contributed by atoms with Gasteiger partial charge in [-0.15, -0.1) is 0 Å². The molecule has 2 rings (SSSR count). The van der Waals surface area contributed by atoms with Crippen molar-refractivity contribution in [1.82, 2.24) is 0 Å². The second-order valence-corrected chi connectivity index (χ2v) is 20.1. The molecule has 0 bridgehead atoms. The Kier molecular flexibility index (Phi) is 39.9. The minimum atomic E-state index is -1.70. The van der Waals surface area contributed by atoms with Crippen LogP contribution in [-0.4, -0.2) is 142 Å². The Balaban J connectivity index is 1.71. The predicted molar refractivity (Wildman–Crippen MR) is 271 cm³/mol. The van der Waals surface area contributed by atoms with Crippen LogP contribution in [0.5, 0.6) is 0 Å². The number of hydrogen-bond donors (Lipinski definition) is 7. The second kappa shape index (κ2) is 43.2. The fraction of sp³-hybridized carbons (Fsp3) is 0.945. The van der Waals surface area contributed by atoms with Crippen molar-refractivity contribution >= 4 is 5.97 Å². The smallest absolute Gasteiger partial charge is 0.306 e. The summed E-state index contributed by atoms with van der Waals surface area (Å²) in [4.78, 5) is 13.0. The summed E-state index contributed by atoms with van der Waals surface area (Å²) in [5, 5.41) is 72.2. The molecule has 11 atom stereocenters. The molecule has 2 aliphatic heterocycles. The topological polar surface area (TPSA) is 214 Å². The van der Waals surface area contributed by atoms with Gasteiger partial charge in [0.25, 0.3) is 0 Å². The van der Waals surface area contributed by atoms with Crippen LogP contribution < -0.4 is 0 Å². The summed E-state index contributed by atoms with van der Waals surface area (Å²) in [6, 6.07) is 0. The number of allylic oxidation sites excluding steroid dienone is 2. The van der Waals surface area contributed by atoms with Crippen LogP contribution in [0.25, 0.3) is 0 Å². The summed E-state index contributed by atoms with van der Waals surface area (Å²) in [7, 11) is 0. The van der Waals surface area contributed by atoms with E-state index in [-0.39, 0.29) is 25.6 Å². The van der Waals surface area contributed by atoms with Crippen molar-refractivity contribution in [2.24, 2.45) is 0 Å². The molecule has 7 N–H and O–H groups in total. The van der Waals surface area contributed by atoms with E-state index < -0.39 is 80.7 Å². The molecule has 2 saturated heterocycles. The lowest BCUT2D eigenvalue weighted by Crippen LogP contribution is -2.61. The second-order valence-electron chi connectivity index (χ2n) is 20.1. The number of carbonyl (C=O) groups is 1. The quantitative estimate of drug-likeness (QED) is 0.0172. The van der Waals surface area contributed by atoms with E-state index in [2.05, 4.69) is 26.0 Å². The van der Waals surface area contributed by atoms with Crippen LogP contribution in [0, 0.1) is 0 Å². The minimum Gasteiger partial charge on any atom is -0.457 e. The van der Waals surface area contributed by atoms with E-state index in [9.17, 15) is 40.5 Å². The van der Waals surface area contributed by atoms with Crippen molar-refractivity contribution in [3.05, 3.63) is 12.2 Å². The molecule has 2 fully saturated rings. The molecule has 14 heteroatoms. The third-order valence-corrected chi connectivity index (χ3v) is 13.8. The molecule has 0 amide bonds. The molecule has 2 heterocycles. The number of aliphatic hydroxyl groups excluding tert-OH is 7. The Morgan fingerprint density at radius 1 is 0.464 bits per heavy atom. The number of esters is 1. The van der Waals surface area contributed by atoms with Gasteiger partial charge >= 0.3 is 5.97 Å². The Morgan fingerprint density at radius 2 is 0.855 bits per heavy atom. The van der Waals surface area contributed by atoms with Crippen LogP contribution in [0.1, 0.15) is 232 Å². The molecule has 14 nitrogen and oxygen atoms in total. The number of unbranched alkanes of at least 4 members (excludes halogenated alkanes) is 30. The van der Waals surface area contributed by atoms with Crippen molar-refractivity contribution < 1.29 is 69.0 Å². The fourth-order valence-electron chi connectivity index (χ4n) is 9.16. The van der Waals surface area contributed by atoms with Gasteiger partial charge in [0.1, 0.15) is 54.9 Å². The first-order valence-electron chi connectivity index (χ1n) is 28.3. The Bertz CT molecular complexity index is 1190. The average Bonchev–Trinajstić information content (AvgIpc) is 3.35. The molecule has 2 aliphatic rings. The van der Waals surface area contributed by atoms with Gasteiger partial charge in [-0.1, -0.05) is 199 Å². The highest BCUT2D eigenvalue weighted by molar-refractivity contribution is 5.69. The van der Waals surface area contributed by atoms with Crippen LogP contribution in [-0.2, 0) is 33.2 Å². The van der Waals surface area contributed by atoms with E-state index in [0.717, 1.165) is 38.5 Å². The average molecular weight is 989 g/mol. The number of aliphatic hydroxyl groups is 7. The number of rotatable bonds is 46. The zero-order valence-corrected chi connectivity index (χ0v) is 43.6.